The molecule has 2 aromatic rings. The molecule has 2 aromatic carbocycles. The minimum absolute atomic E-state index is 0.0209. The summed E-state index contributed by atoms with van der Waals surface area (Å²) in [5.41, 5.74) is 1.92. The summed E-state index contributed by atoms with van der Waals surface area (Å²) in [5.74, 6) is -1.93. The average molecular weight is 311 g/mol. The van der Waals surface area contributed by atoms with E-state index < -0.39 is 17.7 Å². The first-order valence-electron chi connectivity index (χ1n) is 7.49. The molecule has 0 radical (unpaired) electrons. The van der Waals surface area contributed by atoms with Gasteiger partial charge < -0.3 is 5.11 Å². The van der Waals surface area contributed by atoms with Gasteiger partial charge in [0.05, 0.1) is 22.9 Å². The molecule has 0 fully saturated rings. The predicted molar refractivity (Wildman–Crippen MR) is 82.4 cm³/mol. The number of carbonyl (C=O) groups is 2. The number of para-hydroxylation sites is 1. The molecule has 4 nitrogen and oxygen atoms in total. The highest BCUT2D eigenvalue weighted by Gasteiger charge is 2.45. The molecule has 0 spiro atoms. The van der Waals surface area contributed by atoms with Crippen molar-refractivity contribution in [3.8, 4) is 0 Å². The largest absolute Gasteiger partial charge is 0.478 e. The van der Waals surface area contributed by atoms with Crippen molar-refractivity contribution in [2.75, 3.05) is 4.90 Å². The molecule has 0 unspecified atom stereocenters. The van der Waals surface area contributed by atoms with Crippen LogP contribution in [0.2, 0.25) is 0 Å². The van der Waals surface area contributed by atoms with E-state index in [0.29, 0.717) is 12.0 Å². The molecule has 2 atom stereocenters. The maximum absolute atomic E-state index is 14.4. The summed E-state index contributed by atoms with van der Waals surface area (Å²) < 4.78 is 14.4. The fourth-order valence-corrected chi connectivity index (χ4v) is 3.80. The zero-order valence-electron chi connectivity index (χ0n) is 12.4. The van der Waals surface area contributed by atoms with E-state index in [0.717, 1.165) is 5.56 Å². The summed E-state index contributed by atoms with van der Waals surface area (Å²) in [5, 5.41) is 9.36. The summed E-state index contributed by atoms with van der Waals surface area (Å²) in [6.07, 6.45) is 0.651. The summed E-state index contributed by atoms with van der Waals surface area (Å²) in [4.78, 5) is 25.7. The van der Waals surface area contributed by atoms with Crippen LogP contribution in [0.5, 0.6) is 0 Å². The van der Waals surface area contributed by atoms with Gasteiger partial charge in [0.2, 0.25) is 0 Å². The Hall–Kier alpha value is -2.69. The number of nitrogens with zero attached hydrogens (tertiary/aromatic N) is 1. The number of hydrogen-bond acceptors (Lipinski definition) is 2. The molecule has 2 aliphatic rings. The Morgan fingerprint density at radius 2 is 1.91 bits per heavy atom. The molecule has 23 heavy (non-hydrogen) atoms. The standard InChI is InChI=1S/C18H14FNO3/c1-9-8-14-11-5-2-6-12(18(22)23)15(11)17(21)20(14)16-10(9)4-3-7-13(16)19/h2-7,9,14H,8H2,1H3,(H,22,23)/t9-,14-/m1/s1. The van der Waals surface area contributed by atoms with Crippen LogP contribution in [0.25, 0.3) is 0 Å². The maximum Gasteiger partial charge on any atom is 0.336 e. The van der Waals surface area contributed by atoms with Gasteiger partial charge in [-0.15, -0.1) is 0 Å². The lowest BCUT2D eigenvalue weighted by molar-refractivity contribution is 0.0692. The van der Waals surface area contributed by atoms with E-state index in [1.807, 2.05) is 13.0 Å². The van der Waals surface area contributed by atoms with Crippen LogP contribution in [-0.4, -0.2) is 17.0 Å². The van der Waals surface area contributed by atoms with Crippen molar-refractivity contribution in [2.45, 2.75) is 25.3 Å². The van der Waals surface area contributed by atoms with Crippen LogP contribution in [-0.2, 0) is 0 Å². The van der Waals surface area contributed by atoms with Gasteiger partial charge in [0, 0.05) is 0 Å². The van der Waals surface area contributed by atoms with Gasteiger partial charge in [-0.3, -0.25) is 9.69 Å². The topological polar surface area (TPSA) is 57.6 Å². The second kappa shape index (κ2) is 4.65. The molecule has 0 saturated heterocycles. The first-order chi connectivity index (χ1) is 11.0. The summed E-state index contributed by atoms with van der Waals surface area (Å²) in [6, 6.07) is 9.32. The summed E-state index contributed by atoms with van der Waals surface area (Å²) >= 11 is 0. The van der Waals surface area contributed by atoms with Gasteiger partial charge in [0.15, 0.2) is 0 Å². The molecular formula is C18H14FNO3. The van der Waals surface area contributed by atoms with Crippen molar-refractivity contribution in [3.63, 3.8) is 0 Å². The van der Waals surface area contributed by atoms with Crippen molar-refractivity contribution in [1.29, 1.82) is 0 Å². The van der Waals surface area contributed by atoms with Crippen molar-refractivity contribution < 1.29 is 19.1 Å². The first kappa shape index (κ1) is 13.9. The van der Waals surface area contributed by atoms with Crippen molar-refractivity contribution in [3.05, 3.63) is 64.5 Å². The van der Waals surface area contributed by atoms with Crippen LogP contribution in [0.3, 0.4) is 0 Å². The number of rotatable bonds is 1. The van der Waals surface area contributed by atoms with Crippen LogP contribution in [0, 0.1) is 5.82 Å². The second-order valence-corrected chi connectivity index (χ2v) is 6.08. The number of anilines is 1. The molecule has 1 N–H and O–H groups in total. The fraction of sp³-hybridized carbons (Fsp3) is 0.222. The van der Waals surface area contributed by atoms with Gasteiger partial charge in [-0.25, -0.2) is 9.18 Å². The summed E-state index contributed by atoms with van der Waals surface area (Å²) in [6.45, 7) is 2.00. The van der Waals surface area contributed by atoms with Gasteiger partial charge in [0.1, 0.15) is 5.82 Å². The van der Waals surface area contributed by atoms with Crippen molar-refractivity contribution in [2.24, 2.45) is 0 Å². The number of carbonyl (C=O) groups excluding carboxylic acids is 1. The number of carboxylic acids is 1. The van der Waals surface area contributed by atoms with E-state index in [2.05, 4.69) is 0 Å². The number of benzene rings is 2. The highest BCUT2D eigenvalue weighted by Crippen LogP contribution is 2.50. The Morgan fingerprint density at radius 3 is 2.65 bits per heavy atom. The van der Waals surface area contributed by atoms with Gasteiger partial charge in [-0.1, -0.05) is 31.2 Å². The normalized spacial score (nSPS) is 21.7. The van der Waals surface area contributed by atoms with E-state index in [4.69, 9.17) is 0 Å². The van der Waals surface area contributed by atoms with Crippen LogP contribution >= 0.6 is 0 Å². The number of fused-ring (bicyclic) bond motifs is 5. The Bertz CT molecular complexity index is 861. The Morgan fingerprint density at radius 1 is 1.22 bits per heavy atom. The van der Waals surface area contributed by atoms with E-state index in [9.17, 15) is 19.1 Å². The van der Waals surface area contributed by atoms with E-state index in [1.54, 1.807) is 18.2 Å². The summed E-state index contributed by atoms with van der Waals surface area (Å²) in [7, 11) is 0. The third-order valence-corrected chi connectivity index (χ3v) is 4.80. The van der Waals surface area contributed by atoms with E-state index in [-0.39, 0.29) is 28.8 Å². The van der Waals surface area contributed by atoms with Crippen molar-refractivity contribution in [1.82, 2.24) is 0 Å². The van der Waals surface area contributed by atoms with Crippen LogP contribution in [0.4, 0.5) is 10.1 Å². The number of carboxylic acid groups (broad SMARTS) is 1. The molecule has 0 aliphatic carbocycles. The molecule has 1 amide bonds. The van der Waals surface area contributed by atoms with Crippen LogP contribution in [0.15, 0.2) is 36.4 Å². The highest BCUT2D eigenvalue weighted by molar-refractivity contribution is 6.16. The second-order valence-electron chi connectivity index (χ2n) is 6.08. The molecule has 2 heterocycles. The SMILES string of the molecule is C[C@@H]1C[C@@H]2c3cccc(C(=O)O)c3C(=O)N2c2c(F)cccc21. The number of halogens is 1. The fourth-order valence-electron chi connectivity index (χ4n) is 3.80. The molecule has 4 rings (SSSR count). The minimum Gasteiger partial charge on any atom is -0.478 e. The predicted octanol–water partition coefficient (Wildman–Crippen LogP) is 3.73. The molecule has 5 heteroatoms. The smallest absolute Gasteiger partial charge is 0.336 e. The molecule has 0 bridgehead atoms. The minimum atomic E-state index is -1.14. The van der Waals surface area contributed by atoms with Gasteiger partial charge in [-0.2, -0.15) is 0 Å². The lowest BCUT2D eigenvalue weighted by Gasteiger charge is -2.36. The quantitative estimate of drug-likeness (QED) is 0.873. The molecule has 0 aromatic heterocycles. The zero-order valence-corrected chi connectivity index (χ0v) is 12.4. The van der Waals surface area contributed by atoms with Crippen molar-refractivity contribution >= 4 is 17.6 Å². The number of amides is 1. The van der Waals surface area contributed by atoms with Gasteiger partial charge >= 0.3 is 5.97 Å². The third-order valence-electron chi connectivity index (χ3n) is 4.80. The van der Waals surface area contributed by atoms with Gasteiger partial charge in [0.25, 0.3) is 5.91 Å². The molecular weight excluding hydrogens is 297 g/mol. The maximum atomic E-state index is 14.4. The van der Waals surface area contributed by atoms with Gasteiger partial charge in [-0.05, 0) is 35.6 Å². The van der Waals surface area contributed by atoms with Crippen LogP contribution in [0.1, 0.15) is 57.1 Å². The Balaban J connectivity index is 1.98. The number of hydrogen-bond donors (Lipinski definition) is 1. The molecule has 116 valence electrons. The monoisotopic (exact) mass is 311 g/mol. The highest BCUT2D eigenvalue weighted by atomic mass is 19.1. The number of aromatic carboxylic acids is 1. The average Bonchev–Trinajstić information content (AvgIpc) is 2.81. The molecule has 2 aliphatic heterocycles. The Labute approximate surface area is 132 Å². The van der Waals surface area contributed by atoms with E-state index >= 15 is 0 Å². The van der Waals surface area contributed by atoms with Crippen LogP contribution < -0.4 is 4.90 Å². The first-order valence-corrected chi connectivity index (χ1v) is 7.49. The lowest BCUT2D eigenvalue weighted by Crippen LogP contribution is -2.34. The Kier molecular flexibility index (Phi) is 2.82. The molecule has 0 saturated carbocycles. The van der Waals surface area contributed by atoms with E-state index in [1.165, 1.54) is 17.0 Å². The lowest BCUT2D eigenvalue weighted by atomic mass is 9.85. The zero-order chi connectivity index (χ0) is 16.3. The third kappa shape index (κ3) is 1.76.